The molecular weight excluding hydrogens is 272 g/mol. The first-order chi connectivity index (χ1) is 9.99. The van der Waals surface area contributed by atoms with E-state index >= 15 is 0 Å². The first kappa shape index (κ1) is 15.2. The van der Waals surface area contributed by atoms with Crippen LogP contribution in [-0.4, -0.2) is 30.8 Å². The number of benzene rings is 1. The van der Waals surface area contributed by atoms with Crippen molar-refractivity contribution < 1.29 is 19.4 Å². The lowest BCUT2D eigenvalue weighted by Gasteiger charge is -2.15. The van der Waals surface area contributed by atoms with E-state index in [4.69, 9.17) is 9.84 Å². The Hall–Kier alpha value is -2.24. The molecule has 0 unspecified atom stereocenters. The minimum atomic E-state index is -1.10. The summed E-state index contributed by atoms with van der Waals surface area (Å²) in [7, 11) is 1.48. The van der Waals surface area contributed by atoms with Crippen molar-refractivity contribution in [2.45, 2.75) is 26.2 Å². The summed E-state index contributed by atoms with van der Waals surface area (Å²) < 4.78 is 5.05. The number of carbonyl (C=O) groups is 2. The van der Waals surface area contributed by atoms with Crippen molar-refractivity contribution in [2.24, 2.45) is 5.41 Å². The van der Waals surface area contributed by atoms with Crippen LogP contribution in [0.2, 0.25) is 0 Å². The summed E-state index contributed by atoms with van der Waals surface area (Å²) in [6, 6.07) is 4.05. The Bertz CT molecular complexity index is 553. The van der Waals surface area contributed by atoms with Crippen LogP contribution in [0.3, 0.4) is 0 Å². The Morgan fingerprint density at radius 3 is 2.62 bits per heavy atom. The van der Waals surface area contributed by atoms with Crippen LogP contribution in [0.1, 0.15) is 36.5 Å². The van der Waals surface area contributed by atoms with Gasteiger partial charge < -0.3 is 20.5 Å². The van der Waals surface area contributed by atoms with E-state index in [9.17, 15) is 9.59 Å². The van der Waals surface area contributed by atoms with Gasteiger partial charge in [-0.05, 0) is 36.8 Å². The summed E-state index contributed by atoms with van der Waals surface area (Å²) in [5, 5.41) is 14.5. The second-order valence-electron chi connectivity index (χ2n) is 5.38. The van der Waals surface area contributed by atoms with Crippen LogP contribution in [0.5, 0.6) is 5.75 Å². The summed E-state index contributed by atoms with van der Waals surface area (Å²) in [4.78, 5) is 23.1. The highest BCUT2D eigenvalue weighted by Crippen LogP contribution is 2.47. The fourth-order valence-electron chi connectivity index (χ4n) is 2.21. The topological polar surface area (TPSA) is 87.7 Å². The maximum Gasteiger partial charge on any atom is 0.337 e. The second-order valence-corrected chi connectivity index (χ2v) is 5.38. The minimum Gasteiger partial charge on any atom is -0.497 e. The molecule has 0 aromatic heterocycles. The van der Waals surface area contributed by atoms with Crippen molar-refractivity contribution in [3.63, 3.8) is 0 Å². The molecule has 1 aliphatic rings. The molecule has 114 valence electrons. The zero-order chi connectivity index (χ0) is 15.5. The smallest absolute Gasteiger partial charge is 0.337 e. The van der Waals surface area contributed by atoms with Gasteiger partial charge in [-0.3, -0.25) is 0 Å². The van der Waals surface area contributed by atoms with Gasteiger partial charge in [-0.1, -0.05) is 6.92 Å². The molecule has 0 radical (unpaired) electrons. The Labute approximate surface area is 123 Å². The van der Waals surface area contributed by atoms with Crippen LogP contribution in [0, 0.1) is 5.41 Å². The SMILES string of the molecule is CCC1(CNC(=O)Nc2cc(OC)ccc2C(=O)O)CC1. The molecule has 21 heavy (non-hydrogen) atoms. The number of carbonyl (C=O) groups excluding carboxylic acids is 1. The average Bonchev–Trinajstić information content (AvgIpc) is 3.25. The number of urea groups is 1. The number of hydrogen-bond acceptors (Lipinski definition) is 3. The molecule has 6 heteroatoms. The number of rotatable bonds is 6. The number of methoxy groups -OCH3 is 1. The average molecular weight is 292 g/mol. The number of amides is 2. The predicted molar refractivity (Wildman–Crippen MR) is 78.9 cm³/mol. The van der Waals surface area contributed by atoms with E-state index in [-0.39, 0.29) is 16.7 Å². The van der Waals surface area contributed by atoms with Crippen LogP contribution in [0.25, 0.3) is 0 Å². The molecule has 3 N–H and O–H groups in total. The number of nitrogens with one attached hydrogen (secondary N) is 2. The van der Waals surface area contributed by atoms with E-state index in [1.807, 2.05) is 0 Å². The first-order valence-electron chi connectivity index (χ1n) is 6.96. The highest BCUT2D eigenvalue weighted by molar-refractivity contribution is 6.00. The lowest BCUT2D eigenvalue weighted by molar-refractivity contribution is 0.0698. The lowest BCUT2D eigenvalue weighted by Crippen LogP contribution is -2.34. The number of anilines is 1. The lowest BCUT2D eigenvalue weighted by atomic mass is 10.0. The van der Waals surface area contributed by atoms with Crippen LogP contribution < -0.4 is 15.4 Å². The van der Waals surface area contributed by atoms with Gasteiger partial charge in [0, 0.05) is 12.6 Å². The fourth-order valence-corrected chi connectivity index (χ4v) is 2.21. The molecule has 0 aliphatic heterocycles. The number of hydrogen-bond donors (Lipinski definition) is 3. The van der Waals surface area contributed by atoms with Crippen LogP contribution >= 0.6 is 0 Å². The molecule has 0 spiro atoms. The van der Waals surface area contributed by atoms with Gasteiger partial charge in [-0.2, -0.15) is 0 Å². The van der Waals surface area contributed by atoms with Crippen LogP contribution in [-0.2, 0) is 0 Å². The molecule has 1 saturated carbocycles. The number of aromatic carboxylic acids is 1. The Balaban J connectivity index is 2.03. The third kappa shape index (κ3) is 3.65. The molecule has 1 fully saturated rings. The van der Waals surface area contributed by atoms with Gasteiger partial charge in [-0.15, -0.1) is 0 Å². The maximum atomic E-state index is 11.9. The van der Waals surface area contributed by atoms with Gasteiger partial charge in [0.25, 0.3) is 0 Å². The zero-order valence-electron chi connectivity index (χ0n) is 12.2. The van der Waals surface area contributed by atoms with Crippen molar-refractivity contribution in [1.82, 2.24) is 5.32 Å². The zero-order valence-corrected chi connectivity index (χ0v) is 12.2. The van der Waals surface area contributed by atoms with E-state index in [1.54, 1.807) is 6.07 Å². The molecule has 2 amide bonds. The summed E-state index contributed by atoms with van der Waals surface area (Å²) >= 11 is 0. The van der Waals surface area contributed by atoms with Crippen molar-refractivity contribution in [3.8, 4) is 5.75 Å². The summed E-state index contributed by atoms with van der Waals surface area (Å²) in [5.41, 5.74) is 0.490. The number of carboxylic acids is 1. The fraction of sp³-hybridized carbons (Fsp3) is 0.467. The Kier molecular flexibility index (Phi) is 4.35. The third-order valence-corrected chi connectivity index (χ3v) is 4.04. The first-order valence-corrected chi connectivity index (χ1v) is 6.96. The van der Waals surface area contributed by atoms with E-state index in [0.29, 0.717) is 12.3 Å². The number of ether oxygens (including phenoxy) is 1. The van der Waals surface area contributed by atoms with Crippen molar-refractivity contribution >= 4 is 17.7 Å². The molecule has 6 nitrogen and oxygen atoms in total. The van der Waals surface area contributed by atoms with Gasteiger partial charge in [0.2, 0.25) is 0 Å². The van der Waals surface area contributed by atoms with E-state index < -0.39 is 12.0 Å². The molecule has 1 aromatic carbocycles. The van der Waals surface area contributed by atoms with Crippen LogP contribution in [0.4, 0.5) is 10.5 Å². The van der Waals surface area contributed by atoms with E-state index in [2.05, 4.69) is 17.6 Å². The van der Waals surface area contributed by atoms with Gasteiger partial charge >= 0.3 is 12.0 Å². The monoisotopic (exact) mass is 292 g/mol. The molecule has 0 bridgehead atoms. The Morgan fingerprint density at radius 1 is 1.38 bits per heavy atom. The maximum absolute atomic E-state index is 11.9. The van der Waals surface area contributed by atoms with Crippen molar-refractivity contribution in [1.29, 1.82) is 0 Å². The molecule has 0 heterocycles. The van der Waals surface area contributed by atoms with Gasteiger partial charge in [-0.25, -0.2) is 9.59 Å². The summed E-state index contributed by atoms with van der Waals surface area (Å²) in [5.74, 6) is -0.609. The van der Waals surface area contributed by atoms with Gasteiger partial charge in [0.15, 0.2) is 0 Å². The molecule has 1 aliphatic carbocycles. The summed E-state index contributed by atoms with van der Waals surface area (Å²) in [6.07, 6.45) is 3.29. The van der Waals surface area contributed by atoms with E-state index in [1.165, 1.54) is 19.2 Å². The highest BCUT2D eigenvalue weighted by Gasteiger charge is 2.40. The third-order valence-electron chi connectivity index (χ3n) is 4.04. The highest BCUT2D eigenvalue weighted by atomic mass is 16.5. The molecular formula is C15H20N2O4. The van der Waals surface area contributed by atoms with Gasteiger partial charge in [0.1, 0.15) is 5.75 Å². The number of carboxylic acid groups (broad SMARTS) is 1. The van der Waals surface area contributed by atoms with Crippen LogP contribution in [0.15, 0.2) is 18.2 Å². The quantitative estimate of drug-likeness (QED) is 0.752. The van der Waals surface area contributed by atoms with Crippen molar-refractivity contribution in [3.05, 3.63) is 23.8 Å². The normalized spacial score (nSPS) is 15.1. The standard InChI is InChI=1S/C15H20N2O4/c1-3-15(6-7-15)9-16-14(20)17-12-8-10(21-2)4-5-11(12)13(18)19/h4-5,8H,3,6-7,9H2,1-2H3,(H,18,19)(H2,16,17,20). The summed E-state index contributed by atoms with van der Waals surface area (Å²) in [6.45, 7) is 2.72. The minimum absolute atomic E-state index is 0.0302. The molecule has 2 rings (SSSR count). The largest absolute Gasteiger partial charge is 0.497 e. The second kappa shape index (κ2) is 6.03. The molecule has 1 aromatic rings. The van der Waals surface area contributed by atoms with E-state index in [0.717, 1.165) is 19.3 Å². The Morgan fingerprint density at radius 2 is 2.10 bits per heavy atom. The van der Waals surface area contributed by atoms with Crippen molar-refractivity contribution in [2.75, 3.05) is 19.0 Å². The molecule has 0 saturated heterocycles. The predicted octanol–water partition coefficient (Wildman–Crippen LogP) is 2.71. The van der Waals surface area contributed by atoms with Gasteiger partial charge in [0.05, 0.1) is 18.4 Å². The molecule has 0 atom stereocenters.